The number of nitrogens with zero attached hydrogens (tertiary/aromatic N) is 2. The van der Waals surface area contributed by atoms with Gasteiger partial charge >= 0.3 is 0 Å². The molecule has 7 nitrogen and oxygen atoms in total. The lowest BCUT2D eigenvalue weighted by Crippen LogP contribution is -2.32. The van der Waals surface area contributed by atoms with Crippen LogP contribution in [-0.4, -0.2) is 35.4 Å². The van der Waals surface area contributed by atoms with Crippen molar-refractivity contribution in [3.05, 3.63) is 27.8 Å². The minimum Gasteiger partial charge on any atom is -0.374 e. The largest absolute Gasteiger partial charge is 0.374 e. The van der Waals surface area contributed by atoms with E-state index in [1.807, 2.05) is 0 Å². The lowest BCUT2D eigenvalue weighted by molar-refractivity contribution is -0.384. The second-order valence-corrected chi connectivity index (χ2v) is 5.52. The third-order valence-electron chi connectivity index (χ3n) is 3.96. The van der Waals surface area contributed by atoms with Crippen molar-refractivity contribution in [2.45, 2.75) is 25.8 Å². The fourth-order valence-corrected chi connectivity index (χ4v) is 2.94. The molecule has 1 aromatic carbocycles. The second kappa shape index (κ2) is 5.69. The monoisotopic (exact) mass is 290 g/mol. The van der Waals surface area contributed by atoms with Gasteiger partial charge in [0.2, 0.25) is 5.91 Å². The molecule has 0 saturated carbocycles. The van der Waals surface area contributed by atoms with Gasteiger partial charge in [0.15, 0.2) is 0 Å². The van der Waals surface area contributed by atoms with E-state index in [0.29, 0.717) is 12.2 Å². The number of rotatable bonds is 3. The van der Waals surface area contributed by atoms with Crippen LogP contribution in [0.15, 0.2) is 12.1 Å². The summed E-state index contributed by atoms with van der Waals surface area (Å²) >= 11 is 0. The Hall–Kier alpha value is -2.15. The van der Waals surface area contributed by atoms with Gasteiger partial charge in [0, 0.05) is 18.7 Å². The molecule has 2 heterocycles. The van der Waals surface area contributed by atoms with Gasteiger partial charge in [-0.3, -0.25) is 19.8 Å². The molecule has 0 atom stereocenters. The van der Waals surface area contributed by atoms with Gasteiger partial charge in [-0.2, -0.15) is 0 Å². The van der Waals surface area contributed by atoms with Gasteiger partial charge in [0.05, 0.1) is 22.8 Å². The first-order chi connectivity index (χ1) is 10.1. The summed E-state index contributed by atoms with van der Waals surface area (Å²) in [5, 5.41) is 16.9. The number of carbonyl (C=O) groups excluding carboxylic acids is 1. The first-order valence-corrected chi connectivity index (χ1v) is 7.21. The standard InChI is InChI=1S/C14H18N4O3/c19-13-8-15-14-10(9-17-4-2-1-3-5-17)6-11(18(20)21)7-12(14)16-13/h6-7,15H,1-5,8-9H2,(H,16,19). The molecule has 0 spiro atoms. The fraction of sp³-hybridized carbons (Fsp3) is 0.500. The van der Waals surface area contributed by atoms with Crippen molar-refractivity contribution < 1.29 is 9.72 Å². The van der Waals surface area contributed by atoms with E-state index in [9.17, 15) is 14.9 Å². The molecule has 2 aliphatic rings. The second-order valence-electron chi connectivity index (χ2n) is 5.52. The van der Waals surface area contributed by atoms with Crippen LogP contribution in [0.5, 0.6) is 0 Å². The van der Waals surface area contributed by atoms with E-state index in [-0.39, 0.29) is 18.1 Å². The quantitative estimate of drug-likeness (QED) is 0.656. The minimum absolute atomic E-state index is 0.0183. The highest BCUT2D eigenvalue weighted by atomic mass is 16.6. The Labute approximate surface area is 122 Å². The van der Waals surface area contributed by atoms with Crippen molar-refractivity contribution >= 4 is 23.0 Å². The first kappa shape index (κ1) is 13.8. The van der Waals surface area contributed by atoms with E-state index in [1.165, 1.54) is 25.3 Å². The van der Waals surface area contributed by atoms with Crippen LogP contribution in [-0.2, 0) is 11.3 Å². The predicted molar refractivity (Wildman–Crippen MR) is 79.3 cm³/mol. The summed E-state index contributed by atoms with van der Waals surface area (Å²) < 4.78 is 0. The van der Waals surface area contributed by atoms with Crippen LogP contribution in [0.2, 0.25) is 0 Å². The Kier molecular flexibility index (Phi) is 3.74. The summed E-state index contributed by atoms with van der Waals surface area (Å²) in [5.41, 5.74) is 2.21. The molecule has 0 unspecified atom stereocenters. The topological polar surface area (TPSA) is 87.5 Å². The zero-order chi connectivity index (χ0) is 14.8. The molecule has 0 radical (unpaired) electrons. The fourth-order valence-electron chi connectivity index (χ4n) is 2.94. The maximum absolute atomic E-state index is 11.5. The van der Waals surface area contributed by atoms with Crippen molar-refractivity contribution in [1.82, 2.24) is 4.90 Å². The third kappa shape index (κ3) is 2.97. The Morgan fingerprint density at radius 1 is 1.24 bits per heavy atom. The number of nitro groups is 1. The molecule has 1 fully saturated rings. The highest BCUT2D eigenvalue weighted by Gasteiger charge is 2.23. The van der Waals surface area contributed by atoms with E-state index < -0.39 is 4.92 Å². The Morgan fingerprint density at radius 3 is 2.71 bits per heavy atom. The van der Waals surface area contributed by atoms with Crippen LogP contribution in [0.4, 0.5) is 17.1 Å². The predicted octanol–water partition coefficient (Wildman–Crippen LogP) is 1.94. The number of piperidine rings is 1. The summed E-state index contributed by atoms with van der Waals surface area (Å²) in [7, 11) is 0. The first-order valence-electron chi connectivity index (χ1n) is 7.21. The normalized spacial score (nSPS) is 18.6. The average molecular weight is 290 g/mol. The van der Waals surface area contributed by atoms with E-state index in [1.54, 1.807) is 6.07 Å². The van der Waals surface area contributed by atoms with Crippen molar-refractivity contribution in [2.75, 3.05) is 30.3 Å². The van der Waals surface area contributed by atoms with Gasteiger partial charge in [0.1, 0.15) is 0 Å². The highest BCUT2D eigenvalue weighted by molar-refractivity contribution is 6.01. The highest BCUT2D eigenvalue weighted by Crippen LogP contribution is 2.34. The molecule has 1 aromatic rings. The summed E-state index contributed by atoms with van der Waals surface area (Å²) in [4.78, 5) is 24.4. The molecule has 1 amide bonds. The smallest absolute Gasteiger partial charge is 0.271 e. The number of hydrogen-bond donors (Lipinski definition) is 2. The van der Waals surface area contributed by atoms with Gasteiger partial charge in [-0.25, -0.2) is 0 Å². The number of anilines is 2. The van der Waals surface area contributed by atoms with Crippen molar-refractivity contribution in [1.29, 1.82) is 0 Å². The molecule has 0 aliphatic carbocycles. The van der Waals surface area contributed by atoms with Crippen LogP contribution in [0, 0.1) is 10.1 Å². The molecule has 3 rings (SSSR count). The van der Waals surface area contributed by atoms with Gasteiger partial charge in [0.25, 0.3) is 5.69 Å². The molecule has 2 N–H and O–H groups in total. The van der Waals surface area contributed by atoms with Crippen LogP contribution in [0.25, 0.3) is 0 Å². The maximum atomic E-state index is 11.5. The zero-order valence-electron chi connectivity index (χ0n) is 11.7. The molecule has 0 aromatic heterocycles. The molecular formula is C14H18N4O3. The molecule has 0 bridgehead atoms. The molecule has 1 saturated heterocycles. The molecular weight excluding hydrogens is 272 g/mol. The summed E-state index contributed by atoms with van der Waals surface area (Å²) in [5.74, 6) is -0.174. The number of nitro benzene ring substituents is 1. The Balaban J connectivity index is 1.93. The maximum Gasteiger partial charge on any atom is 0.271 e. The van der Waals surface area contributed by atoms with Gasteiger partial charge in [-0.1, -0.05) is 6.42 Å². The van der Waals surface area contributed by atoms with Crippen LogP contribution in [0.3, 0.4) is 0 Å². The van der Waals surface area contributed by atoms with E-state index >= 15 is 0 Å². The van der Waals surface area contributed by atoms with E-state index in [0.717, 1.165) is 24.3 Å². The number of fused-ring (bicyclic) bond motifs is 1. The van der Waals surface area contributed by atoms with Crippen molar-refractivity contribution in [2.24, 2.45) is 0 Å². The van der Waals surface area contributed by atoms with Crippen molar-refractivity contribution in [3.8, 4) is 0 Å². The number of carbonyl (C=O) groups is 1. The molecule has 112 valence electrons. The van der Waals surface area contributed by atoms with E-state index in [4.69, 9.17) is 0 Å². The lowest BCUT2D eigenvalue weighted by atomic mass is 10.1. The number of nitrogens with one attached hydrogen (secondary N) is 2. The number of hydrogen-bond acceptors (Lipinski definition) is 5. The molecule has 21 heavy (non-hydrogen) atoms. The number of benzene rings is 1. The Morgan fingerprint density at radius 2 is 2.00 bits per heavy atom. The van der Waals surface area contributed by atoms with Crippen LogP contribution >= 0.6 is 0 Å². The van der Waals surface area contributed by atoms with Crippen molar-refractivity contribution in [3.63, 3.8) is 0 Å². The number of amides is 1. The Bertz CT molecular complexity index is 582. The van der Waals surface area contributed by atoms with Gasteiger partial charge in [-0.15, -0.1) is 0 Å². The van der Waals surface area contributed by atoms with Crippen LogP contribution < -0.4 is 10.6 Å². The van der Waals surface area contributed by atoms with Crippen LogP contribution in [0.1, 0.15) is 24.8 Å². The summed E-state index contributed by atoms with van der Waals surface area (Å²) in [6, 6.07) is 3.02. The zero-order valence-corrected chi connectivity index (χ0v) is 11.7. The average Bonchev–Trinajstić information content (AvgIpc) is 2.47. The summed E-state index contributed by atoms with van der Waals surface area (Å²) in [6.07, 6.45) is 3.58. The minimum atomic E-state index is -0.416. The summed E-state index contributed by atoms with van der Waals surface area (Å²) in [6.45, 7) is 2.92. The van der Waals surface area contributed by atoms with Gasteiger partial charge in [-0.05, 0) is 31.5 Å². The molecule has 2 aliphatic heterocycles. The van der Waals surface area contributed by atoms with E-state index in [2.05, 4.69) is 15.5 Å². The number of non-ortho nitro benzene ring substituents is 1. The van der Waals surface area contributed by atoms with Gasteiger partial charge < -0.3 is 10.6 Å². The number of likely N-dealkylation sites (tertiary alicyclic amines) is 1. The molecule has 7 heteroatoms. The third-order valence-corrected chi connectivity index (χ3v) is 3.96. The lowest BCUT2D eigenvalue weighted by Gasteiger charge is -2.29. The SMILES string of the molecule is O=C1CNc2c(CN3CCCCC3)cc([N+](=O)[O-])cc2N1.